The van der Waals surface area contributed by atoms with Gasteiger partial charge in [0, 0.05) is 23.1 Å². The molecule has 0 saturated heterocycles. The number of aromatic amines is 1. The number of aromatic nitrogens is 2. The Labute approximate surface area is 169 Å². The van der Waals surface area contributed by atoms with Crippen LogP contribution in [0.3, 0.4) is 0 Å². The van der Waals surface area contributed by atoms with E-state index in [4.69, 9.17) is 11.6 Å². The van der Waals surface area contributed by atoms with Gasteiger partial charge in [0.2, 0.25) is 5.91 Å². The van der Waals surface area contributed by atoms with Gasteiger partial charge in [-0.15, -0.1) is 11.3 Å². The lowest BCUT2D eigenvalue weighted by atomic mass is 10.1. The van der Waals surface area contributed by atoms with E-state index in [1.807, 2.05) is 24.3 Å². The van der Waals surface area contributed by atoms with Crippen molar-refractivity contribution in [2.45, 2.75) is 12.8 Å². The van der Waals surface area contributed by atoms with Crippen LogP contribution in [0.15, 0.2) is 52.8 Å². The van der Waals surface area contributed by atoms with E-state index in [0.29, 0.717) is 28.8 Å². The predicted molar refractivity (Wildman–Crippen MR) is 109 cm³/mol. The first kappa shape index (κ1) is 19.8. The minimum atomic E-state index is -0.546. The first-order valence-corrected chi connectivity index (χ1v) is 9.71. The summed E-state index contributed by atoms with van der Waals surface area (Å²) in [6.45, 7) is 0.505. The molecule has 2 aromatic heterocycles. The van der Waals surface area contributed by atoms with Crippen molar-refractivity contribution in [2.75, 3.05) is 11.9 Å². The van der Waals surface area contributed by atoms with Crippen LogP contribution in [0.4, 0.5) is 5.13 Å². The summed E-state index contributed by atoms with van der Waals surface area (Å²) >= 11 is 7.04. The van der Waals surface area contributed by atoms with E-state index in [-0.39, 0.29) is 17.9 Å². The summed E-state index contributed by atoms with van der Waals surface area (Å²) in [5.74, 6) is -0.702. The fourth-order valence-electron chi connectivity index (χ4n) is 2.43. The topological polar surface area (TPSA) is 104 Å². The molecule has 3 aromatic rings. The Balaban J connectivity index is 1.48. The van der Waals surface area contributed by atoms with Gasteiger partial charge in [-0.2, -0.15) is 0 Å². The van der Waals surface area contributed by atoms with Crippen LogP contribution < -0.4 is 16.2 Å². The van der Waals surface area contributed by atoms with E-state index in [1.165, 1.54) is 23.6 Å². The molecule has 0 spiro atoms. The van der Waals surface area contributed by atoms with Gasteiger partial charge >= 0.3 is 0 Å². The van der Waals surface area contributed by atoms with Crippen molar-refractivity contribution in [3.05, 3.63) is 80.2 Å². The molecule has 28 heavy (non-hydrogen) atoms. The van der Waals surface area contributed by atoms with Crippen molar-refractivity contribution in [1.29, 1.82) is 0 Å². The molecule has 0 atom stereocenters. The van der Waals surface area contributed by atoms with Gasteiger partial charge in [0.15, 0.2) is 5.13 Å². The van der Waals surface area contributed by atoms with Crippen molar-refractivity contribution >= 4 is 39.9 Å². The van der Waals surface area contributed by atoms with E-state index in [0.717, 1.165) is 5.56 Å². The quantitative estimate of drug-likeness (QED) is 0.550. The molecule has 0 radical (unpaired) electrons. The number of halogens is 1. The summed E-state index contributed by atoms with van der Waals surface area (Å²) < 4.78 is 0. The van der Waals surface area contributed by atoms with Crippen LogP contribution in [0.1, 0.15) is 21.6 Å². The number of amides is 2. The molecule has 9 heteroatoms. The van der Waals surface area contributed by atoms with Gasteiger partial charge < -0.3 is 10.3 Å². The van der Waals surface area contributed by atoms with Gasteiger partial charge in [-0.25, -0.2) is 4.98 Å². The lowest BCUT2D eigenvalue weighted by molar-refractivity contribution is -0.120. The zero-order valence-electron chi connectivity index (χ0n) is 14.7. The number of H-pyrrole nitrogens is 1. The second-order valence-corrected chi connectivity index (χ2v) is 7.21. The van der Waals surface area contributed by atoms with Crippen molar-refractivity contribution in [3.8, 4) is 0 Å². The predicted octanol–water partition coefficient (Wildman–Crippen LogP) is 2.64. The second kappa shape index (κ2) is 9.29. The number of hydrogen-bond donors (Lipinski definition) is 3. The van der Waals surface area contributed by atoms with Crippen LogP contribution in [0.2, 0.25) is 5.02 Å². The van der Waals surface area contributed by atoms with E-state index >= 15 is 0 Å². The highest BCUT2D eigenvalue weighted by atomic mass is 35.5. The van der Waals surface area contributed by atoms with Crippen molar-refractivity contribution in [2.24, 2.45) is 0 Å². The Morgan fingerprint density at radius 2 is 1.96 bits per heavy atom. The molecule has 3 rings (SSSR count). The Morgan fingerprint density at radius 1 is 1.18 bits per heavy atom. The van der Waals surface area contributed by atoms with Gasteiger partial charge in [0.05, 0.1) is 12.1 Å². The monoisotopic (exact) mass is 416 g/mol. The minimum Gasteiger partial charge on any atom is -0.355 e. The summed E-state index contributed by atoms with van der Waals surface area (Å²) in [6, 6.07) is 10.5. The van der Waals surface area contributed by atoms with E-state index in [2.05, 4.69) is 20.6 Å². The lowest BCUT2D eigenvalue weighted by Gasteiger charge is -2.04. The molecule has 7 nitrogen and oxygen atoms in total. The molecular formula is C19H17ClN4O3S. The fraction of sp³-hybridized carbons (Fsp3) is 0.158. The summed E-state index contributed by atoms with van der Waals surface area (Å²) in [5.41, 5.74) is 1.15. The number of benzene rings is 1. The number of rotatable bonds is 7. The maximum absolute atomic E-state index is 12.1. The van der Waals surface area contributed by atoms with E-state index in [9.17, 15) is 14.4 Å². The lowest BCUT2D eigenvalue weighted by Crippen LogP contribution is -2.27. The van der Waals surface area contributed by atoms with Crippen LogP contribution in [0, 0.1) is 0 Å². The molecule has 144 valence electrons. The molecule has 0 bridgehead atoms. The first-order chi connectivity index (χ1) is 13.5. The highest BCUT2D eigenvalue weighted by molar-refractivity contribution is 7.14. The Kier molecular flexibility index (Phi) is 6.57. The van der Waals surface area contributed by atoms with Gasteiger partial charge in [0.25, 0.3) is 11.5 Å². The standard InChI is InChI=1S/C19H17ClN4O3S/c20-13-5-3-12(4-6-13)7-9-21-16(25)10-14-11-28-19(23-14)24-18(27)15-2-1-8-22-17(15)26/h1-6,8,11H,7,9-10H2,(H,21,25)(H,22,26)(H,23,24,27). The molecule has 0 unspecified atom stereocenters. The molecule has 3 N–H and O–H groups in total. The van der Waals surface area contributed by atoms with Gasteiger partial charge in [-0.1, -0.05) is 23.7 Å². The fourth-order valence-corrected chi connectivity index (χ4v) is 3.27. The average molecular weight is 417 g/mol. The molecule has 1 aromatic carbocycles. The maximum atomic E-state index is 12.1. The number of nitrogens with one attached hydrogen (secondary N) is 3. The van der Waals surface area contributed by atoms with Crippen LogP contribution in [-0.2, 0) is 17.6 Å². The number of pyridine rings is 1. The van der Waals surface area contributed by atoms with Crippen molar-refractivity contribution < 1.29 is 9.59 Å². The van der Waals surface area contributed by atoms with Crippen LogP contribution in [-0.4, -0.2) is 28.3 Å². The summed E-state index contributed by atoms with van der Waals surface area (Å²) in [5, 5.41) is 8.11. The number of hydrogen-bond acceptors (Lipinski definition) is 5. The largest absolute Gasteiger partial charge is 0.355 e. The molecule has 0 aliphatic heterocycles. The number of nitrogens with zero attached hydrogens (tertiary/aromatic N) is 1. The minimum absolute atomic E-state index is 0.000748. The molecular weight excluding hydrogens is 400 g/mol. The molecule has 2 heterocycles. The van der Waals surface area contributed by atoms with Gasteiger partial charge in [0.1, 0.15) is 5.56 Å². The zero-order valence-corrected chi connectivity index (χ0v) is 16.3. The highest BCUT2D eigenvalue weighted by Crippen LogP contribution is 2.16. The third kappa shape index (κ3) is 5.51. The SMILES string of the molecule is O=C(Cc1csc(NC(=O)c2ccc[nH]c2=O)n1)NCCc1ccc(Cl)cc1. The Hall–Kier alpha value is -2.97. The molecule has 0 saturated carbocycles. The first-order valence-electron chi connectivity index (χ1n) is 8.46. The number of thiazole rings is 1. The van der Waals surface area contributed by atoms with Crippen LogP contribution in [0.25, 0.3) is 0 Å². The normalized spacial score (nSPS) is 10.5. The van der Waals surface area contributed by atoms with Crippen molar-refractivity contribution in [3.63, 3.8) is 0 Å². The summed E-state index contributed by atoms with van der Waals surface area (Å²) in [7, 11) is 0. The summed E-state index contributed by atoms with van der Waals surface area (Å²) in [6.07, 6.45) is 2.26. The smallest absolute Gasteiger partial charge is 0.263 e. The highest BCUT2D eigenvalue weighted by Gasteiger charge is 2.13. The zero-order chi connectivity index (χ0) is 19.9. The number of carbonyl (C=O) groups is 2. The van der Waals surface area contributed by atoms with Crippen molar-refractivity contribution in [1.82, 2.24) is 15.3 Å². The average Bonchev–Trinajstić information content (AvgIpc) is 3.10. The van der Waals surface area contributed by atoms with Crippen LogP contribution >= 0.6 is 22.9 Å². The Bertz CT molecular complexity index is 1030. The molecule has 0 aliphatic rings. The van der Waals surface area contributed by atoms with Gasteiger partial charge in [-0.3, -0.25) is 19.7 Å². The van der Waals surface area contributed by atoms with E-state index < -0.39 is 11.5 Å². The third-order valence-electron chi connectivity index (χ3n) is 3.83. The molecule has 0 fully saturated rings. The molecule has 0 aliphatic carbocycles. The summed E-state index contributed by atoms with van der Waals surface area (Å²) in [4.78, 5) is 42.5. The van der Waals surface area contributed by atoms with Gasteiger partial charge in [-0.05, 0) is 36.2 Å². The maximum Gasteiger partial charge on any atom is 0.263 e. The second-order valence-electron chi connectivity index (χ2n) is 5.91. The van der Waals surface area contributed by atoms with E-state index in [1.54, 1.807) is 11.4 Å². The Morgan fingerprint density at radius 3 is 2.71 bits per heavy atom. The number of anilines is 1. The number of carbonyl (C=O) groups excluding carboxylic acids is 2. The third-order valence-corrected chi connectivity index (χ3v) is 4.88. The van der Waals surface area contributed by atoms with Crippen LogP contribution in [0.5, 0.6) is 0 Å². The molecule has 2 amide bonds.